The highest BCUT2D eigenvalue weighted by Crippen LogP contribution is 2.20. The minimum absolute atomic E-state index is 0.00268. The SMILES string of the molecule is CN(C)C1CCN(CC(C#N)c2ccccc2)CC1. The maximum Gasteiger partial charge on any atom is 0.0839 e. The molecule has 0 saturated carbocycles. The summed E-state index contributed by atoms with van der Waals surface area (Å²) in [6.07, 6.45) is 2.42. The highest BCUT2D eigenvalue weighted by Gasteiger charge is 2.23. The number of rotatable bonds is 4. The van der Waals surface area contributed by atoms with Gasteiger partial charge in [0.2, 0.25) is 0 Å². The van der Waals surface area contributed by atoms with Gasteiger partial charge in [-0.25, -0.2) is 0 Å². The van der Waals surface area contributed by atoms with Gasteiger partial charge in [-0.05, 0) is 45.6 Å². The molecule has 0 radical (unpaired) electrons. The Kier molecular flexibility index (Phi) is 4.95. The fraction of sp³-hybridized carbons (Fsp3) is 0.562. The second-order valence-electron chi connectivity index (χ2n) is 5.59. The summed E-state index contributed by atoms with van der Waals surface area (Å²) in [5.41, 5.74) is 1.14. The minimum atomic E-state index is -0.00268. The first-order chi connectivity index (χ1) is 9.20. The fourth-order valence-corrected chi connectivity index (χ4v) is 2.78. The van der Waals surface area contributed by atoms with Crippen molar-refractivity contribution in [1.29, 1.82) is 5.26 Å². The summed E-state index contributed by atoms with van der Waals surface area (Å²) in [4.78, 5) is 4.75. The van der Waals surface area contributed by atoms with Crippen LogP contribution in [0, 0.1) is 11.3 Å². The molecule has 1 heterocycles. The van der Waals surface area contributed by atoms with E-state index >= 15 is 0 Å². The van der Waals surface area contributed by atoms with Crippen LogP contribution in [-0.4, -0.2) is 49.6 Å². The normalized spacial score (nSPS) is 19.3. The Morgan fingerprint density at radius 1 is 1.26 bits per heavy atom. The minimum Gasteiger partial charge on any atom is -0.306 e. The van der Waals surface area contributed by atoms with Crippen molar-refractivity contribution in [3.8, 4) is 6.07 Å². The molecule has 1 unspecified atom stereocenters. The van der Waals surface area contributed by atoms with Crippen molar-refractivity contribution in [3.63, 3.8) is 0 Å². The Bertz CT molecular complexity index is 413. The lowest BCUT2D eigenvalue weighted by Gasteiger charge is -2.35. The number of piperidine rings is 1. The lowest BCUT2D eigenvalue weighted by Crippen LogP contribution is -2.43. The topological polar surface area (TPSA) is 30.3 Å². The molecule has 1 aliphatic heterocycles. The van der Waals surface area contributed by atoms with Gasteiger partial charge in [0.15, 0.2) is 0 Å². The first-order valence-corrected chi connectivity index (χ1v) is 7.04. The first kappa shape index (κ1) is 14.0. The third-order valence-electron chi connectivity index (χ3n) is 4.09. The highest BCUT2D eigenvalue weighted by atomic mass is 15.2. The maximum atomic E-state index is 9.37. The van der Waals surface area contributed by atoms with E-state index in [-0.39, 0.29) is 5.92 Å². The molecule has 3 heteroatoms. The van der Waals surface area contributed by atoms with E-state index < -0.39 is 0 Å². The van der Waals surface area contributed by atoms with Crippen LogP contribution in [-0.2, 0) is 0 Å². The number of hydrogen-bond donors (Lipinski definition) is 0. The van der Waals surface area contributed by atoms with Crippen LogP contribution in [0.25, 0.3) is 0 Å². The summed E-state index contributed by atoms with van der Waals surface area (Å²) in [6, 6.07) is 13.3. The third-order valence-corrected chi connectivity index (χ3v) is 4.09. The Labute approximate surface area is 116 Å². The van der Waals surface area contributed by atoms with Gasteiger partial charge < -0.3 is 9.80 Å². The molecule has 1 saturated heterocycles. The fourth-order valence-electron chi connectivity index (χ4n) is 2.78. The zero-order valence-corrected chi connectivity index (χ0v) is 11.9. The molecule has 0 N–H and O–H groups in total. The van der Waals surface area contributed by atoms with Gasteiger partial charge >= 0.3 is 0 Å². The van der Waals surface area contributed by atoms with Crippen LogP contribution in [0.15, 0.2) is 30.3 Å². The molecule has 3 nitrogen and oxygen atoms in total. The van der Waals surface area contributed by atoms with E-state index in [0.29, 0.717) is 6.04 Å². The Morgan fingerprint density at radius 3 is 2.42 bits per heavy atom. The first-order valence-electron chi connectivity index (χ1n) is 7.04. The molecule has 0 aromatic heterocycles. The van der Waals surface area contributed by atoms with E-state index in [9.17, 15) is 5.26 Å². The second-order valence-corrected chi connectivity index (χ2v) is 5.59. The van der Waals surface area contributed by atoms with Crippen molar-refractivity contribution >= 4 is 0 Å². The van der Waals surface area contributed by atoms with Crippen LogP contribution >= 0.6 is 0 Å². The predicted octanol–water partition coefficient (Wildman–Crippen LogP) is 2.32. The molecule has 1 aromatic rings. The van der Waals surface area contributed by atoms with Crippen molar-refractivity contribution in [2.24, 2.45) is 0 Å². The lowest BCUT2D eigenvalue weighted by atomic mass is 9.97. The van der Waals surface area contributed by atoms with Crippen LogP contribution in [0.5, 0.6) is 0 Å². The van der Waals surface area contributed by atoms with E-state index in [1.807, 2.05) is 18.2 Å². The largest absolute Gasteiger partial charge is 0.306 e. The number of nitriles is 1. The molecule has 2 rings (SSSR count). The number of hydrogen-bond acceptors (Lipinski definition) is 3. The summed E-state index contributed by atoms with van der Waals surface area (Å²) in [5.74, 6) is -0.00268. The van der Waals surface area contributed by atoms with Crippen LogP contribution in [0.3, 0.4) is 0 Å². The molecule has 1 atom stereocenters. The Hall–Kier alpha value is -1.37. The van der Waals surface area contributed by atoms with E-state index in [2.05, 4.69) is 42.1 Å². The third kappa shape index (κ3) is 3.79. The monoisotopic (exact) mass is 257 g/mol. The van der Waals surface area contributed by atoms with Gasteiger partial charge in [0.25, 0.3) is 0 Å². The summed E-state index contributed by atoms with van der Waals surface area (Å²) in [6.45, 7) is 3.07. The number of likely N-dealkylation sites (tertiary alicyclic amines) is 1. The van der Waals surface area contributed by atoms with Crippen molar-refractivity contribution in [2.45, 2.75) is 24.8 Å². The number of nitrogens with zero attached hydrogens (tertiary/aromatic N) is 3. The van der Waals surface area contributed by atoms with Crippen LogP contribution in [0.2, 0.25) is 0 Å². The van der Waals surface area contributed by atoms with Gasteiger partial charge in [0, 0.05) is 12.6 Å². The average molecular weight is 257 g/mol. The molecule has 102 valence electrons. The molecule has 0 bridgehead atoms. The van der Waals surface area contributed by atoms with Gasteiger partial charge in [0.05, 0.1) is 12.0 Å². The van der Waals surface area contributed by atoms with Crippen molar-refractivity contribution in [2.75, 3.05) is 33.7 Å². The molecule has 0 amide bonds. The van der Waals surface area contributed by atoms with Gasteiger partial charge in [-0.15, -0.1) is 0 Å². The van der Waals surface area contributed by atoms with Crippen molar-refractivity contribution in [1.82, 2.24) is 9.80 Å². The van der Waals surface area contributed by atoms with E-state index in [1.54, 1.807) is 0 Å². The van der Waals surface area contributed by atoms with Crippen LogP contribution in [0.1, 0.15) is 24.3 Å². The zero-order valence-electron chi connectivity index (χ0n) is 11.9. The smallest absolute Gasteiger partial charge is 0.0839 e. The molecule has 1 aliphatic rings. The van der Waals surface area contributed by atoms with Gasteiger partial charge in [-0.3, -0.25) is 0 Å². The summed E-state index contributed by atoms with van der Waals surface area (Å²) in [5, 5.41) is 9.37. The van der Waals surface area contributed by atoms with Crippen LogP contribution < -0.4 is 0 Å². The number of benzene rings is 1. The molecule has 1 aromatic carbocycles. The van der Waals surface area contributed by atoms with Gasteiger partial charge in [-0.2, -0.15) is 5.26 Å². The summed E-state index contributed by atoms with van der Waals surface area (Å²) in [7, 11) is 4.31. The van der Waals surface area contributed by atoms with E-state index in [0.717, 1.165) is 25.2 Å². The molecule has 0 spiro atoms. The van der Waals surface area contributed by atoms with Crippen molar-refractivity contribution in [3.05, 3.63) is 35.9 Å². The van der Waals surface area contributed by atoms with E-state index in [1.165, 1.54) is 12.8 Å². The molecular formula is C16H23N3. The average Bonchev–Trinajstić information content (AvgIpc) is 2.46. The maximum absolute atomic E-state index is 9.37. The lowest BCUT2D eigenvalue weighted by molar-refractivity contribution is 0.143. The van der Waals surface area contributed by atoms with Crippen LogP contribution in [0.4, 0.5) is 0 Å². The summed E-state index contributed by atoms with van der Waals surface area (Å²) >= 11 is 0. The standard InChI is InChI=1S/C16H23N3/c1-18(2)16-8-10-19(11-9-16)13-15(12-17)14-6-4-3-5-7-14/h3-7,15-16H,8-11,13H2,1-2H3. The highest BCUT2D eigenvalue weighted by molar-refractivity contribution is 5.25. The van der Waals surface area contributed by atoms with E-state index in [4.69, 9.17) is 0 Å². The van der Waals surface area contributed by atoms with Gasteiger partial charge in [0.1, 0.15) is 0 Å². The molecule has 0 aliphatic carbocycles. The molecular weight excluding hydrogens is 234 g/mol. The zero-order chi connectivity index (χ0) is 13.7. The quantitative estimate of drug-likeness (QED) is 0.829. The molecule has 19 heavy (non-hydrogen) atoms. The Balaban J connectivity index is 1.89. The summed E-state index contributed by atoms with van der Waals surface area (Å²) < 4.78 is 0. The van der Waals surface area contributed by atoms with Crippen molar-refractivity contribution < 1.29 is 0 Å². The second kappa shape index (κ2) is 6.70. The van der Waals surface area contributed by atoms with Gasteiger partial charge in [-0.1, -0.05) is 30.3 Å². The Morgan fingerprint density at radius 2 is 1.89 bits per heavy atom. The molecule has 1 fully saturated rings. The predicted molar refractivity (Wildman–Crippen MR) is 77.9 cm³/mol.